The summed E-state index contributed by atoms with van der Waals surface area (Å²) in [6.45, 7) is 1.71. The second kappa shape index (κ2) is 5.78. The van der Waals surface area contributed by atoms with Crippen LogP contribution in [0.25, 0.3) is 0 Å². The van der Waals surface area contributed by atoms with E-state index in [0.29, 0.717) is 11.1 Å². The zero-order valence-electron chi connectivity index (χ0n) is 10.6. The first-order chi connectivity index (χ1) is 8.78. The fourth-order valence-electron chi connectivity index (χ4n) is 2.27. The van der Waals surface area contributed by atoms with Gasteiger partial charge in [-0.05, 0) is 24.7 Å². The van der Waals surface area contributed by atoms with Crippen LogP contribution in [0.3, 0.4) is 0 Å². The Hall–Kier alpha value is -1.67. The summed E-state index contributed by atoms with van der Waals surface area (Å²) < 4.78 is 5.16. The topological polar surface area (TPSA) is 70.8 Å². The molecule has 0 unspecified atom stereocenters. The van der Waals surface area contributed by atoms with E-state index in [1.165, 1.54) is 25.5 Å². The molecule has 0 radical (unpaired) electrons. The largest absolute Gasteiger partial charge is 0.385 e. The SMILES string of the molecule is COCCC1(CNc2cnc(C#N)cn2)CCC1. The smallest absolute Gasteiger partial charge is 0.158 e. The molecule has 5 heteroatoms. The summed E-state index contributed by atoms with van der Waals surface area (Å²) >= 11 is 0. The minimum Gasteiger partial charge on any atom is -0.385 e. The van der Waals surface area contributed by atoms with Crippen molar-refractivity contribution in [3.8, 4) is 6.07 Å². The third-order valence-electron chi connectivity index (χ3n) is 3.66. The van der Waals surface area contributed by atoms with Gasteiger partial charge in [0.25, 0.3) is 0 Å². The molecule has 1 fully saturated rings. The Balaban J connectivity index is 1.87. The molecule has 1 aliphatic carbocycles. The highest BCUT2D eigenvalue weighted by Crippen LogP contribution is 2.43. The lowest BCUT2D eigenvalue weighted by Gasteiger charge is -2.42. The number of aromatic nitrogens is 2. The molecule has 0 spiro atoms. The van der Waals surface area contributed by atoms with Crippen molar-refractivity contribution < 1.29 is 4.74 Å². The first-order valence-corrected chi connectivity index (χ1v) is 6.23. The van der Waals surface area contributed by atoms with Crippen LogP contribution < -0.4 is 5.32 Å². The maximum absolute atomic E-state index is 8.65. The second-order valence-corrected chi connectivity index (χ2v) is 4.85. The van der Waals surface area contributed by atoms with Gasteiger partial charge in [0.05, 0.1) is 12.4 Å². The van der Waals surface area contributed by atoms with Gasteiger partial charge in [-0.25, -0.2) is 9.97 Å². The molecule has 0 aromatic carbocycles. The molecule has 2 rings (SSSR count). The number of methoxy groups -OCH3 is 1. The minimum absolute atomic E-state index is 0.346. The predicted molar refractivity (Wildman–Crippen MR) is 68.0 cm³/mol. The molecule has 18 heavy (non-hydrogen) atoms. The van der Waals surface area contributed by atoms with Crippen LogP contribution in [0.4, 0.5) is 5.82 Å². The molecular weight excluding hydrogens is 228 g/mol. The fraction of sp³-hybridized carbons (Fsp3) is 0.615. The number of hydrogen-bond donors (Lipinski definition) is 1. The van der Waals surface area contributed by atoms with Crippen LogP contribution in [0.1, 0.15) is 31.4 Å². The van der Waals surface area contributed by atoms with Crippen LogP contribution in [-0.2, 0) is 4.74 Å². The first-order valence-electron chi connectivity index (χ1n) is 6.23. The zero-order chi connectivity index (χ0) is 12.8. The molecule has 1 N–H and O–H groups in total. The highest BCUT2D eigenvalue weighted by Gasteiger charge is 2.36. The molecule has 1 aromatic heterocycles. The molecule has 0 saturated heterocycles. The molecule has 0 aliphatic heterocycles. The van der Waals surface area contributed by atoms with Crippen LogP contribution >= 0.6 is 0 Å². The van der Waals surface area contributed by atoms with Gasteiger partial charge in [0.2, 0.25) is 0 Å². The van der Waals surface area contributed by atoms with Gasteiger partial charge >= 0.3 is 0 Å². The average Bonchev–Trinajstić information content (AvgIpc) is 2.38. The van der Waals surface area contributed by atoms with Crippen molar-refractivity contribution in [3.05, 3.63) is 18.1 Å². The van der Waals surface area contributed by atoms with E-state index in [1.807, 2.05) is 6.07 Å². The van der Waals surface area contributed by atoms with E-state index in [2.05, 4.69) is 15.3 Å². The lowest BCUT2D eigenvalue weighted by atomic mass is 9.67. The quantitative estimate of drug-likeness (QED) is 0.830. The number of anilines is 1. The normalized spacial score (nSPS) is 16.7. The van der Waals surface area contributed by atoms with Gasteiger partial charge in [-0.2, -0.15) is 5.26 Å². The maximum atomic E-state index is 8.65. The summed E-state index contributed by atoms with van der Waals surface area (Å²) in [4.78, 5) is 8.16. The number of rotatable bonds is 6. The standard InChI is InChI=1S/C13H18N4O/c1-18-6-5-13(3-2-4-13)10-17-12-9-15-11(7-14)8-16-12/h8-9H,2-6,10H2,1H3,(H,16,17). The van der Waals surface area contributed by atoms with Crippen LogP contribution in [0.5, 0.6) is 0 Å². The molecule has 1 aromatic rings. The fourth-order valence-corrected chi connectivity index (χ4v) is 2.27. The van der Waals surface area contributed by atoms with Crippen molar-refractivity contribution in [3.63, 3.8) is 0 Å². The van der Waals surface area contributed by atoms with Gasteiger partial charge in [0, 0.05) is 20.3 Å². The van der Waals surface area contributed by atoms with Gasteiger partial charge in [-0.3, -0.25) is 0 Å². The van der Waals surface area contributed by atoms with Crippen LogP contribution in [0, 0.1) is 16.7 Å². The number of nitrogens with zero attached hydrogens (tertiary/aromatic N) is 3. The third kappa shape index (κ3) is 2.96. The highest BCUT2D eigenvalue weighted by atomic mass is 16.5. The maximum Gasteiger partial charge on any atom is 0.158 e. The van der Waals surface area contributed by atoms with Gasteiger partial charge in [0.15, 0.2) is 5.69 Å². The van der Waals surface area contributed by atoms with Crippen LogP contribution in [-0.4, -0.2) is 30.2 Å². The van der Waals surface area contributed by atoms with E-state index in [9.17, 15) is 0 Å². The molecule has 0 atom stereocenters. The van der Waals surface area contributed by atoms with E-state index in [-0.39, 0.29) is 0 Å². The number of ether oxygens (including phenoxy) is 1. The van der Waals surface area contributed by atoms with E-state index >= 15 is 0 Å². The molecule has 0 amide bonds. The molecule has 1 saturated carbocycles. The predicted octanol–water partition coefficient (Wildman–Crippen LogP) is 1.97. The lowest BCUT2D eigenvalue weighted by molar-refractivity contribution is 0.0812. The summed E-state index contributed by atoms with van der Waals surface area (Å²) in [6, 6.07) is 1.96. The van der Waals surface area contributed by atoms with Gasteiger partial charge in [0.1, 0.15) is 11.9 Å². The Morgan fingerprint density at radius 2 is 2.28 bits per heavy atom. The zero-order valence-corrected chi connectivity index (χ0v) is 10.6. The molecule has 0 bridgehead atoms. The lowest BCUT2D eigenvalue weighted by Crippen LogP contribution is -2.37. The Morgan fingerprint density at radius 1 is 1.44 bits per heavy atom. The average molecular weight is 246 g/mol. The summed E-state index contributed by atoms with van der Waals surface area (Å²) in [5.41, 5.74) is 0.698. The molecule has 5 nitrogen and oxygen atoms in total. The van der Waals surface area contributed by atoms with Crippen molar-refractivity contribution in [1.29, 1.82) is 5.26 Å². The summed E-state index contributed by atoms with van der Waals surface area (Å²) in [7, 11) is 1.74. The Kier molecular flexibility index (Phi) is 4.11. The van der Waals surface area contributed by atoms with Crippen LogP contribution in [0.15, 0.2) is 12.4 Å². The molecule has 1 aliphatic rings. The second-order valence-electron chi connectivity index (χ2n) is 4.85. The molecule has 1 heterocycles. The van der Waals surface area contributed by atoms with Gasteiger partial charge < -0.3 is 10.1 Å². The Morgan fingerprint density at radius 3 is 2.78 bits per heavy atom. The summed E-state index contributed by atoms with van der Waals surface area (Å²) in [5, 5.41) is 12.0. The van der Waals surface area contributed by atoms with Crippen molar-refractivity contribution >= 4 is 5.82 Å². The highest BCUT2D eigenvalue weighted by molar-refractivity contribution is 5.33. The third-order valence-corrected chi connectivity index (χ3v) is 3.66. The van der Waals surface area contributed by atoms with Crippen LogP contribution in [0.2, 0.25) is 0 Å². The number of nitrogens with one attached hydrogen (secondary N) is 1. The summed E-state index contributed by atoms with van der Waals surface area (Å²) in [5.74, 6) is 0.734. The van der Waals surface area contributed by atoms with E-state index in [0.717, 1.165) is 25.4 Å². The number of nitriles is 1. The Bertz CT molecular complexity index is 420. The molecule has 96 valence electrons. The summed E-state index contributed by atoms with van der Waals surface area (Å²) in [6.07, 6.45) is 7.97. The van der Waals surface area contributed by atoms with E-state index < -0.39 is 0 Å². The van der Waals surface area contributed by atoms with E-state index in [1.54, 1.807) is 13.3 Å². The van der Waals surface area contributed by atoms with Crippen molar-refractivity contribution in [1.82, 2.24) is 9.97 Å². The van der Waals surface area contributed by atoms with E-state index in [4.69, 9.17) is 10.00 Å². The monoisotopic (exact) mass is 246 g/mol. The van der Waals surface area contributed by atoms with Crippen molar-refractivity contribution in [2.24, 2.45) is 5.41 Å². The van der Waals surface area contributed by atoms with Crippen molar-refractivity contribution in [2.75, 3.05) is 25.6 Å². The molecular formula is C13H18N4O. The van der Waals surface area contributed by atoms with Gasteiger partial charge in [-0.1, -0.05) is 6.42 Å². The number of hydrogen-bond acceptors (Lipinski definition) is 5. The minimum atomic E-state index is 0.346. The van der Waals surface area contributed by atoms with Gasteiger partial charge in [-0.15, -0.1) is 0 Å². The first kappa shape index (κ1) is 12.8. The Labute approximate surface area is 107 Å². The van der Waals surface area contributed by atoms with Crippen molar-refractivity contribution in [2.45, 2.75) is 25.7 Å².